The number of sulfone groups is 1. The molecule has 3 aromatic carbocycles. The second kappa shape index (κ2) is 25.2. The Bertz CT molecular complexity index is 1790. The molecule has 59 heavy (non-hydrogen) atoms. The van der Waals surface area contributed by atoms with Crippen molar-refractivity contribution in [3.05, 3.63) is 101 Å². The predicted octanol–water partition coefficient (Wildman–Crippen LogP) is 12.7. The van der Waals surface area contributed by atoms with Crippen LogP contribution in [-0.2, 0) is 14.6 Å². The molecule has 0 radical (unpaired) electrons. The van der Waals surface area contributed by atoms with Crippen LogP contribution in [0.1, 0.15) is 174 Å². The first-order chi connectivity index (χ1) is 26.5. The predicted molar refractivity (Wildman–Crippen MR) is 253 cm³/mol. The van der Waals surface area contributed by atoms with Gasteiger partial charge in [0.1, 0.15) is 0 Å². The van der Waals surface area contributed by atoms with Gasteiger partial charge in [-0.2, -0.15) is 0 Å². The molecule has 0 saturated heterocycles. The van der Waals surface area contributed by atoms with Crippen LogP contribution in [0.3, 0.4) is 0 Å². The van der Waals surface area contributed by atoms with Crippen LogP contribution in [0.25, 0.3) is 0 Å². The average molecular weight is 837 g/mol. The number of carbonyl (C=O) groups excluding carboxylic acids is 3. The number of nitrogens with two attached hydrogens (primary N) is 1. The van der Waals surface area contributed by atoms with Crippen molar-refractivity contribution in [1.82, 2.24) is 5.32 Å². The Morgan fingerprint density at radius 1 is 0.559 bits per heavy atom. The topological polar surface area (TPSA) is 123 Å². The zero-order chi connectivity index (χ0) is 46.6. The number of Topliss-reactive ketones (excluding diaryl/α,β-unsaturated/α-hetero) is 2. The highest BCUT2D eigenvalue weighted by Gasteiger charge is 2.30. The van der Waals surface area contributed by atoms with Crippen LogP contribution in [0.15, 0.2) is 77.7 Å². The smallest absolute Gasteiger partial charge is 0.216 e. The number of hydrogen-bond acceptors (Lipinski definition) is 6. The molecule has 3 N–H and O–H groups in total. The van der Waals surface area contributed by atoms with Gasteiger partial charge >= 0.3 is 0 Å². The Balaban J connectivity index is 0. The maximum Gasteiger partial charge on any atom is 0.216 e. The Kier molecular flexibility index (Phi) is 24.6. The van der Waals surface area contributed by atoms with Crippen LogP contribution < -0.4 is 11.1 Å². The molecule has 334 valence electrons. The Hall–Kier alpha value is -3.62. The molecule has 3 rings (SSSR count). The summed E-state index contributed by atoms with van der Waals surface area (Å²) in [6.07, 6.45) is 4.63. The summed E-state index contributed by atoms with van der Waals surface area (Å²) in [5, 5.41) is 2.78. The lowest BCUT2D eigenvalue weighted by atomic mass is 9.86. The van der Waals surface area contributed by atoms with E-state index in [1.54, 1.807) is 39.8 Å². The number of hydrogen-bond donors (Lipinski definition) is 2. The van der Waals surface area contributed by atoms with E-state index in [4.69, 9.17) is 5.73 Å². The molecule has 1 amide bonds. The maximum absolute atomic E-state index is 12.0. The lowest BCUT2D eigenvalue weighted by molar-refractivity contribution is -0.119. The molecule has 0 aliphatic carbocycles. The highest BCUT2D eigenvalue weighted by Crippen LogP contribution is 2.25. The number of benzene rings is 3. The van der Waals surface area contributed by atoms with Crippen LogP contribution >= 0.6 is 0 Å². The third-order valence-corrected chi connectivity index (χ3v) is 11.2. The minimum atomic E-state index is -3.19. The summed E-state index contributed by atoms with van der Waals surface area (Å²) in [7, 11) is -3.19. The van der Waals surface area contributed by atoms with Gasteiger partial charge in [-0.25, -0.2) is 8.42 Å². The van der Waals surface area contributed by atoms with Crippen LogP contribution in [-0.4, -0.2) is 43.7 Å². The largest absolute Gasteiger partial charge is 0.356 e. The van der Waals surface area contributed by atoms with Gasteiger partial charge in [0.2, 0.25) is 5.91 Å². The molecule has 0 heterocycles. The van der Waals surface area contributed by atoms with E-state index < -0.39 is 14.6 Å². The van der Waals surface area contributed by atoms with Gasteiger partial charge in [-0.3, -0.25) is 14.4 Å². The third kappa shape index (κ3) is 27.0. The summed E-state index contributed by atoms with van der Waals surface area (Å²) in [6, 6.07) is 22.4. The van der Waals surface area contributed by atoms with E-state index in [2.05, 4.69) is 46.9 Å². The van der Waals surface area contributed by atoms with Gasteiger partial charge < -0.3 is 11.1 Å². The Labute approximate surface area is 362 Å². The van der Waals surface area contributed by atoms with Gasteiger partial charge in [0, 0.05) is 35.4 Å². The Morgan fingerprint density at radius 2 is 0.966 bits per heavy atom. The molecule has 0 aromatic heterocycles. The van der Waals surface area contributed by atoms with Gasteiger partial charge in [0.25, 0.3) is 0 Å². The SMILES string of the molecule is CC(=O)NCCCC(C)(C)C.CC(C)(C)CCCN.Cc1ccc(C(=O)C(C)(C)C)cc1.Cc1ccc(S(=O)(=O)C(C)(C)C)cc1.Cc1cccc(C(=O)C(C)(C)C)c1. The van der Waals surface area contributed by atoms with Crippen LogP contribution in [0.2, 0.25) is 0 Å². The normalized spacial score (nSPS) is 11.8. The summed E-state index contributed by atoms with van der Waals surface area (Å²) in [6.45, 7) is 39.3. The summed E-state index contributed by atoms with van der Waals surface area (Å²) in [5.74, 6) is 0.475. The van der Waals surface area contributed by atoms with Gasteiger partial charge in [0.15, 0.2) is 21.4 Å². The molecule has 0 unspecified atom stereocenters. The van der Waals surface area contributed by atoms with Crippen LogP contribution in [0.5, 0.6) is 0 Å². The van der Waals surface area contributed by atoms with Crippen molar-refractivity contribution in [3.63, 3.8) is 0 Å². The molecular formula is C51H84N2O5S. The first-order valence-electron chi connectivity index (χ1n) is 21.0. The zero-order valence-corrected chi connectivity index (χ0v) is 41.5. The van der Waals surface area contributed by atoms with E-state index in [0.717, 1.165) is 54.6 Å². The molecule has 0 saturated carbocycles. The molecule has 3 aromatic rings. The van der Waals surface area contributed by atoms with Crippen molar-refractivity contribution in [3.8, 4) is 0 Å². The summed E-state index contributed by atoms with van der Waals surface area (Å²) in [4.78, 5) is 34.5. The first-order valence-corrected chi connectivity index (χ1v) is 22.5. The van der Waals surface area contributed by atoms with Crippen molar-refractivity contribution in [2.75, 3.05) is 13.1 Å². The number of amides is 1. The molecule has 0 spiro atoms. The van der Waals surface area contributed by atoms with Crippen molar-refractivity contribution >= 4 is 27.3 Å². The molecule has 0 atom stereocenters. The zero-order valence-electron chi connectivity index (χ0n) is 40.7. The number of carbonyl (C=O) groups is 3. The molecule has 8 heteroatoms. The first kappa shape index (κ1) is 57.5. The fraction of sp³-hybridized carbons (Fsp3) is 0.588. The van der Waals surface area contributed by atoms with E-state index in [9.17, 15) is 22.8 Å². The second-order valence-corrected chi connectivity index (χ2v) is 23.6. The summed E-state index contributed by atoms with van der Waals surface area (Å²) in [5.41, 5.74) is 10.6. The van der Waals surface area contributed by atoms with Crippen molar-refractivity contribution < 1.29 is 22.8 Å². The molecule has 0 bridgehead atoms. The standard InChI is InChI=1S/2C12H16O.C11H16O2S.C9H19NO.C7H17N/c1-9-5-7-10(8-6-9)11(13)12(2,3)4;1-9-6-5-7-10(8-9)11(13)12(2,3)4;1-9-5-7-10(8-6-9)14(12,13)11(2,3)4;1-8(11)10-7-5-6-9(2,3)4;1-7(2,3)5-4-6-8/h2*5-8H,1-4H3;5-8H,1-4H3;5-7H2,1-4H3,(H,10,11);4-6,8H2,1-3H3. The fourth-order valence-electron chi connectivity index (χ4n) is 4.94. The quantitative estimate of drug-likeness (QED) is 0.172. The maximum atomic E-state index is 12.0. The fourth-order valence-corrected chi connectivity index (χ4v) is 6.15. The van der Waals surface area contributed by atoms with E-state index in [1.807, 2.05) is 123 Å². The van der Waals surface area contributed by atoms with E-state index in [0.29, 0.717) is 15.7 Å². The number of nitrogens with one attached hydrogen (secondary N) is 1. The summed E-state index contributed by atoms with van der Waals surface area (Å²) >= 11 is 0. The molecule has 0 fully saturated rings. The average Bonchev–Trinajstić information content (AvgIpc) is 3.08. The van der Waals surface area contributed by atoms with Crippen molar-refractivity contribution in [2.45, 2.75) is 167 Å². The number of aryl methyl sites for hydroxylation is 3. The second-order valence-electron chi connectivity index (χ2n) is 20.9. The number of rotatable bonds is 8. The van der Waals surface area contributed by atoms with Gasteiger partial charge in [-0.1, -0.05) is 154 Å². The van der Waals surface area contributed by atoms with Gasteiger partial charge in [-0.05, 0) is 103 Å². The van der Waals surface area contributed by atoms with Gasteiger partial charge in [-0.15, -0.1) is 0 Å². The highest BCUT2D eigenvalue weighted by atomic mass is 32.2. The van der Waals surface area contributed by atoms with E-state index >= 15 is 0 Å². The monoisotopic (exact) mass is 837 g/mol. The van der Waals surface area contributed by atoms with Crippen molar-refractivity contribution in [2.24, 2.45) is 27.4 Å². The van der Waals surface area contributed by atoms with Gasteiger partial charge in [0.05, 0.1) is 9.64 Å². The van der Waals surface area contributed by atoms with Crippen LogP contribution in [0.4, 0.5) is 0 Å². The van der Waals surface area contributed by atoms with E-state index in [-0.39, 0.29) is 28.3 Å². The number of ketones is 2. The molecule has 0 aliphatic rings. The van der Waals surface area contributed by atoms with Crippen LogP contribution in [0, 0.1) is 42.4 Å². The van der Waals surface area contributed by atoms with Crippen molar-refractivity contribution in [1.29, 1.82) is 0 Å². The molecule has 0 aliphatic heterocycles. The third-order valence-electron chi connectivity index (χ3n) is 8.70. The molecular weight excluding hydrogens is 753 g/mol. The lowest BCUT2D eigenvalue weighted by Gasteiger charge is -2.19. The Morgan fingerprint density at radius 3 is 1.31 bits per heavy atom. The minimum Gasteiger partial charge on any atom is -0.356 e. The summed E-state index contributed by atoms with van der Waals surface area (Å²) < 4.78 is 23.2. The highest BCUT2D eigenvalue weighted by molar-refractivity contribution is 7.92. The molecule has 7 nitrogen and oxygen atoms in total. The minimum absolute atomic E-state index is 0.0684. The lowest BCUT2D eigenvalue weighted by Crippen LogP contribution is -2.27. The van der Waals surface area contributed by atoms with E-state index in [1.165, 1.54) is 12.0 Å².